The van der Waals surface area contributed by atoms with Gasteiger partial charge in [-0.15, -0.1) is 0 Å². The fourth-order valence-corrected chi connectivity index (χ4v) is 2.11. The van der Waals surface area contributed by atoms with Crippen molar-refractivity contribution in [3.05, 3.63) is 29.8 Å². The first-order valence-corrected chi connectivity index (χ1v) is 6.68. The predicted molar refractivity (Wildman–Crippen MR) is 65.6 cm³/mol. The van der Waals surface area contributed by atoms with Crippen molar-refractivity contribution in [1.82, 2.24) is 0 Å². The van der Waals surface area contributed by atoms with Crippen LogP contribution in [0.25, 0.3) is 0 Å². The lowest BCUT2D eigenvalue weighted by Crippen LogP contribution is -2.27. The highest BCUT2D eigenvalue weighted by Crippen LogP contribution is 2.17. The summed E-state index contributed by atoms with van der Waals surface area (Å²) in [4.78, 5) is 11.2. The molecule has 0 atom stereocenters. The standard InChI is InChI=1S/C11H15NO4S/c1-4-17(14,15)12(2)10-7-5-9(6-8-10)11(13)16-3/h5-8H,4H2,1-3H3. The molecule has 0 N–H and O–H groups in total. The summed E-state index contributed by atoms with van der Waals surface area (Å²) < 4.78 is 29.0. The highest BCUT2D eigenvalue weighted by Gasteiger charge is 2.16. The Kier molecular flexibility index (Phi) is 4.11. The lowest BCUT2D eigenvalue weighted by Gasteiger charge is -2.18. The van der Waals surface area contributed by atoms with Crippen LogP contribution in [0.1, 0.15) is 17.3 Å². The van der Waals surface area contributed by atoms with Gasteiger partial charge in [0.1, 0.15) is 0 Å². The van der Waals surface area contributed by atoms with Gasteiger partial charge in [0.15, 0.2) is 0 Å². The molecule has 0 bridgehead atoms. The fraction of sp³-hybridized carbons (Fsp3) is 0.364. The third-order valence-corrected chi connectivity index (χ3v) is 4.21. The van der Waals surface area contributed by atoms with Crippen LogP contribution in [-0.4, -0.2) is 34.3 Å². The number of carbonyl (C=O) groups excluding carboxylic acids is 1. The van der Waals surface area contributed by atoms with E-state index < -0.39 is 16.0 Å². The van der Waals surface area contributed by atoms with Crippen LogP contribution >= 0.6 is 0 Å². The molecule has 6 heteroatoms. The van der Waals surface area contributed by atoms with Gasteiger partial charge in [0, 0.05) is 7.05 Å². The molecule has 0 spiro atoms. The molecule has 1 aromatic carbocycles. The van der Waals surface area contributed by atoms with Crippen LogP contribution in [0, 0.1) is 0 Å². The van der Waals surface area contributed by atoms with Crippen molar-refractivity contribution in [1.29, 1.82) is 0 Å². The Morgan fingerprint density at radius 3 is 2.24 bits per heavy atom. The molecule has 0 aliphatic carbocycles. The van der Waals surface area contributed by atoms with Crippen LogP contribution in [0.4, 0.5) is 5.69 Å². The van der Waals surface area contributed by atoms with Crippen molar-refractivity contribution in [3.63, 3.8) is 0 Å². The second-order valence-corrected chi connectivity index (χ2v) is 5.70. The highest BCUT2D eigenvalue weighted by atomic mass is 32.2. The van der Waals surface area contributed by atoms with E-state index in [0.717, 1.165) is 0 Å². The number of hydrogen-bond donors (Lipinski definition) is 0. The van der Waals surface area contributed by atoms with Crippen LogP contribution in [0.5, 0.6) is 0 Å². The summed E-state index contributed by atoms with van der Waals surface area (Å²) in [5, 5.41) is 0. The molecule has 0 aliphatic heterocycles. The molecule has 0 aromatic heterocycles. The molecule has 0 unspecified atom stereocenters. The zero-order valence-electron chi connectivity index (χ0n) is 10.0. The second-order valence-electron chi connectivity index (χ2n) is 3.41. The van der Waals surface area contributed by atoms with Gasteiger partial charge in [-0.3, -0.25) is 4.31 Å². The molecule has 1 aromatic rings. The molecule has 17 heavy (non-hydrogen) atoms. The predicted octanol–water partition coefficient (Wildman–Crippen LogP) is 1.26. The van der Waals surface area contributed by atoms with E-state index in [9.17, 15) is 13.2 Å². The van der Waals surface area contributed by atoms with Crippen molar-refractivity contribution >= 4 is 21.7 Å². The maximum atomic E-state index is 11.6. The minimum Gasteiger partial charge on any atom is -0.465 e. The largest absolute Gasteiger partial charge is 0.465 e. The van der Waals surface area contributed by atoms with Gasteiger partial charge >= 0.3 is 5.97 Å². The van der Waals surface area contributed by atoms with E-state index in [1.165, 1.54) is 30.6 Å². The molecule has 0 aliphatic rings. The normalized spacial score (nSPS) is 11.0. The zero-order chi connectivity index (χ0) is 13.1. The maximum Gasteiger partial charge on any atom is 0.337 e. The Morgan fingerprint density at radius 2 is 1.82 bits per heavy atom. The van der Waals surface area contributed by atoms with Crippen LogP contribution < -0.4 is 4.31 Å². The molecule has 0 radical (unpaired) electrons. The third-order valence-electron chi connectivity index (χ3n) is 2.43. The lowest BCUT2D eigenvalue weighted by molar-refractivity contribution is 0.0601. The number of ether oxygens (including phenoxy) is 1. The van der Waals surface area contributed by atoms with E-state index in [4.69, 9.17) is 0 Å². The van der Waals surface area contributed by atoms with Gasteiger partial charge < -0.3 is 4.74 Å². The Hall–Kier alpha value is -1.56. The molecule has 1 rings (SSSR count). The van der Waals surface area contributed by atoms with Crippen LogP contribution in [0.3, 0.4) is 0 Å². The number of carbonyl (C=O) groups is 1. The average Bonchev–Trinajstić information content (AvgIpc) is 2.37. The lowest BCUT2D eigenvalue weighted by atomic mass is 10.2. The van der Waals surface area contributed by atoms with Crippen LogP contribution in [0.15, 0.2) is 24.3 Å². The zero-order valence-corrected chi connectivity index (χ0v) is 10.8. The van der Waals surface area contributed by atoms with Gasteiger partial charge in [0.2, 0.25) is 10.0 Å². The third kappa shape index (κ3) is 2.97. The molecular formula is C11H15NO4S. The van der Waals surface area contributed by atoms with Gasteiger partial charge in [-0.2, -0.15) is 0 Å². The average molecular weight is 257 g/mol. The van der Waals surface area contributed by atoms with Gasteiger partial charge in [0.25, 0.3) is 0 Å². The van der Waals surface area contributed by atoms with Crippen LogP contribution in [-0.2, 0) is 14.8 Å². The Balaban J connectivity index is 3.00. The number of rotatable bonds is 4. The molecule has 0 fully saturated rings. The van der Waals surface area contributed by atoms with Gasteiger partial charge in [0.05, 0.1) is 24.1 Å². The van der Waals surface area contributed by atoms with E-state index in [2.05, 4.69) is 4.74 Å². The number of benzene rings is 1. The van der Waals surface area contributed by atoms with E-state index in [1.54, 1.807) is 19.1 Å². The summed E-state index contributed by atoms with van der Waals surface area (Å²) in [6, 6.07) is 6.20. The van der Waals surface area contributed by atoms with Crippen molar-refractivity contribution < 1.29 is 17.9 Å². The first-order chi connectivity index (χ1) is 7.92. The monoisotopic (exact) mass is 257 g/mol. The number of methoxy groups -OCH3 is 1. The minimum absolute atomic E-state index is 0.0300. The highest BCUT2D eigenvalue weighted by molar-refractivity contribution is 7.92. The summed E-state index contributed by atoms with van der Waals surface area (Å²) in [6.07, 6.45) is 0. The first kappa shape index (κ1) is 13.5. The van der Waals surface area contributed by atoms with Crippen molar-refractivity contribution in [2.45, 2.75) is 6.92 Å². The molecule has 0 saturated heterocycles. The number of hydrogen-bond acceptors (Lipinski definition) is 4. The van der Waals surface area contributed by atoms with Gasteiger partial charge in [-0.1, -0.05) is 0 Å². The van der Waals surface area contributed by atoms with Crippen LogP contribution in [0.2, 0.25) is 0 Å². The van der Waals surface area contributed by atoms with E-state index in [0.29, 0.717) is 11.3 Å². The number of nitrogens with zero attached hydrogens (tertiary/aromatic N) is 1. The number of esters is 1. The molecule has 0 amide bonds. The van der Waals surface area contributed by atoms with E-state index in [-0.39, 0.29) is 5.75 Å². The number of anilines is 1. The summed E-state index contributed by atoms with van der Waals surface area (Å²) >= 11 is 0. The maximum absolute atomic E-state index is 11.6. The first-order valence-electron chi connectivity index (χ1n) is 5.07. The topological polar surface area (TPSA) is 63.7 Å². The smallest absolute Gasteiger partial charge is 0.337 e. The molecular weight excluding hydrogens is 242 g/mol. The fourth-order valence-electron chi connectivity index (χ4n) is 1.28. The quantitative estimate of drug-likeness (QED) is 0.762. The summed E-state index contributed by atoms with van der Waals surface area (Å²) in [5.41, 5.74) is 0.901. The van der Waals surface area contributed by atoms with Crippen molar-refractivity contribution in [2.75, 3.05) is 24.2 Å². The van der Waals surface area contributed by atoms with E-state index in [1.807, 2.05) is 0 Å². The number of sulfonamides is 1. The Bertz CT molecular complexity index is 493. The SMILES string of the molecule is CCS(=O)(=O)N(C)c1ccc(C(=O)OC)cc1. The molecule has 0 saturated carbocycles. The second kappa shape index (κ2) is 5.18. The Labute approximate surface area is 101 Å². The van der Waals surface area contributed by atoms with E-state index >= 15 is 0 Å². The molecule has 0 heterocycles. The minimum atomic E-state index is -3.27. The Morgan fingerprint density at radius 1 is 1.29 bits per heavy atom. The molecule has 94 valence electrons. The summed E-state index contributed by atoms with van der Waals surface area (Å²) in [5.74, 6) is -0.417. The summed E-state index contributed by atoms with van der Waals surface area (Å²) in [6.45, 7) is 1.58. The van der Waals surface area contributed by atoms with Crippen molar-refractivity contribution in [3.8, 4) is 0 Å². The van der Waals surface area contributed by atoms with Gasteiger partial charge in [-0.05, 0) is 31.2 Å². The van der Waals surface area contributed by atoms with Crippen molar-refractivity contribution in [2.24, 2.45) is 0 Å². The molecule has 5 nitrogen and oxygen atoms in total. The summed E-state index contributed by atoms with van der Waals surface area (Å²) in [7, 11) is -0.499. The van der Waals surface area contributed by atoms with Gasteiger partial charge in [-0.25, -0.2) is 13.2 Å².